The van der Waals surface area contributed by atoms with Gasteiger partial charge in [0.25, 0.3) is 0 Å². The highest BCUT2D eigenvalue weighted by Crippen LogP contribution is 2.17. The Balaban J connectivity index is 2.32. The Hall–Kier alpha value is -1.94. The maximum atomic E-state index is 6.04. The molecule has 0 aliphatic carbocycles. The summed E-state index contributed by atoms with van der Waals surface area (Å²) in [5.74, 6) is 0.436. The van der Waals surface area contributed by atoms with E-state index in [1.54, 1.807) is 6.07 Å². The van der Waals surface area contributed by atoms with Crippen molar-refractivity contribution in [1.29, 1.82) is 0 Å². The number of nitrogen functional groups attached to an aromatic ring is 1. The van der Waals surface area contributed by atoms with Crippen LogP contribution in [0.3, 0.4) is 0 Å². The van der Waals surface area contributed by atoms with Crippen LogP contribution in [-0.4, -0.2) is 9.97 Å². The van der Waals surface area contributed by atoms with Crippen LogP contribution in [0.15, 0.2) is 42.7 Å². The molecule has 1 atom stereocenters. The molecule has 0 saturated carbocycles. The van der Waals surface area contributed by atoms with Crippen LogP contribution in [0.5, 0.6) is 0 Å². The van der Waals surface area contributed by atoms with Crippen LogP contribution < -0.4 is 11.5 Å². The largest absolute Gasteiger partial charge is 0.384 e. The quantitative estimate of drug-likeness (QED) is 0.761. The summed E-state index contributed by atoms with van der Waals surface area (Å²) in [6.07, 6.45) is 1.42. The first-order chi connectivity index (χ1) is 7.27. The third kappa shape index (κ3) is 2.11. The van der Waals surface area contributed by atoms with Crippen molar-refractivity contribution >= 4 is 5.82 Å². The standard InChI is InChI=1S/C11H12N4/c12-10-6-9(14-7-15-10)11(13)8-4-2-1-3-5-8/h1-7,11H,13H2,(H2,12,14,15). The fourth-order valence-corrected chi connectivity index (χ4v) is 1.39. The number of nitrogens with zero attached hydrogens (tertiary/aromatic N) is 2. The van der Waals surface area contributed by atoms with Crippen molar-refractivity contribution in [2.24, 2.45) is 5.73 Å². The molecule has 76 valence electrons. The van der Waals surface area contributed by atoms with Crippen LogP contribution in [0.1, 0.15) is 17.3 Å². The molecule has 4 heteroatoms. The molecule has 1 aromatic carbocycles. The first kappa shape index (κ1) is 9.61. The summed E-state index contributed by atoms with van der Waals surface area (Å²) < 4.78 is 0. The van der Waals surface area contributed by atoms with Gasteiger partial charge in [-0.2, -0.15) is 0 Å². The minimum absolute atomic E-state index is 0.253. The van der Waals surface area contributed by atoms with Gasteiger partial charge in [0, 0.05) is 6.07 Å². The Morgan fingerprint density at radius 1 is 1.07 bits per heavy atom. The van der Waals surface area contributed by atoms with Gasteiger partial charge in [-0.1, -0.05) is 30.3 Å². The third-order valence-electron chi connectivity index (χ3n) is 2.19. The van der Waals surface area contributed by atoms with Crippen LogP contribution in [0.25, 0.3) is 0 Å². The van der Waals surface area contributed by atoms with E-state index in [9.17, 15) is 0 Å². The molecular weight excluding hydrogens is 188 g/mol. The summed E-state index contributed by atoms with van der Waals surface area (Å²) in [6, 6.07) is 11.2. The van der Waals surface area contributed by atoms with E-state index in [1.807, 2.05) is 30.3 Å². The van der Waals surface area contributed by atoms with Crippen LogP contribution >= 0.6 is 0 Å². The highest BCUT2D eigenvalue weighted by molar-refractivity contribution is 5.34. The van der Waals surface area contributed by atoms with Crippen LogP contribution in [0.4, 0.5) is 5.82 Å². The topological polar surface area (TPSA) is 77.8 Å². The Bertz CT molecular complexity index is 441. The second-order valence-electron chi connectivity index (χ2n) is 3.26. The van der Waals surface area contributed by atoms with E-state index in [0.717, 1.165) is 11.3 Å². The van der Waals surface area contributed by atoms with Gasteiger partial charge in [0.05, 0.1) is 11.7 Å². The molecule has 15 heavy (non-hydrogen) atoms. The molecule has 1 unspecified atom stereocenters. The summed E-state index contributed by atoms with van der Waals surface area (Å²) in [5, 5.41) is 0. The van der Waals surface area contributed by atoms with Crippen molar-refractivity contribution in [3.63, 3.8) is 0 Å². The lowest BCUT2D eigenvalue weighted by atomic mass is 10.0. The number of nitrogens with two attached hydrogens (primary N) is 2. The minimum atomic E-state index is -0.253. The Kier molecular flexibility index (Phi) is 2.60. The fraction of sp³-hybridized carbons (Fsp3) is 0.0909. The Morgan fingerprint density at radius 2 is 1.80 bits per heavy atom. The minimum Gasteiger partial charge on any atom is -0.384 e. The molecule has 0 spiro atoms. The summed E-state index contributed by atoms with van der Waals surface area (Å²) in [4.78, 5) is 7.93. The first-order valence-corrected chi connectivity index (χ1v) is 4.65. The lowest BCUT2D eigenvalue weighted by molar-refractivity contribution is 0.821. The average molecular weight is 200 g/mol. The predicted molar refractivity (Wildman–Crippen MR) is 58.9 cm³/mol. The lowest BCUT2D eigenvalue weighted by Crippen LogP contribution is -2.14. The van der Waals surface area contributed by atoms with Crippen molar-refractivity contribution < 1.29 is 0 Å². The predicted octanol–water partition coefficient (Wildman–Crippen LogP) is 1.11. The fourth-order valence-electron chi connectivity index (χ4n) is 1.39. The van der Waals surface area contributed by atoms with Crippen molar-refractivity contribution in [3.05, 3.63) is 54.0 Å². The first-order valence-electron chi connectivity index (χ1n) is 4.65. The molecule has 0 aliphatic heterocycles. The van der Waals surface area contributed by atoms with Gasteiger partial charge < -0.3 is 11.5 Å². The summed E-state index contributed by atoms with van der Waals surface area (Å²) in [5.41, 5.74) is 13.3. The van der Waals surface area contributed by atoms with Gasteiger partial charge >= 0.3 is 0 Å². The van der Waals surface area contributed by atoms with E-state index in [1.165, 1.54) is 6.33 Å². The van der Waals surface area contributed by atoms with E-state index < -0.39 is 0 Å². The zero-order chi connectivity index (χ0) is 10.7. The van der Waals surface area contributed by atoms with Gasteiger partial charge in [-0.05, 0) is 5.56 Å². The molecule has 1 heterocycles. The van der Waals surface area contributed by atoms with Gasteiger partial charge in [0.2, 0.25) is 0 Å². The molecule has 1 aromatic heterocycles. The molecule has 0 amide bonds. The smallest absolute Gasteiger partial charge is 0.127 e. The van der Waals surface area contributed by atoms with Crippen LogP contribution in [0, 0.1) is 0 Å². The molecule has 4 nitrogen and oxygen atoms in total. The molecule has 0 bridgehead atoms. The normalized spacial score (nSPS) is 12.3. The number of hydrogen-bond donors (Lipinski definition) is 2. The van der Waals surface area contributed by atoms with E-state index >= 15 is 0 Å². The van der Waals surface area contributed by atoms with Crippen LogP contribution in [-0.2, 0) is 0 Å². The van der Waals surface area contributed by atoms with Crippen LogP contribution in [0.2, 0.25) is 0 Å². The average Bonchev–Trinajstić information content (AvgIpc) is 2.29. The number of rotatable bonds is 2. The number of aromatic nitrogens is 2. The van der Waals surface area contributed by atoms with Gasteiger partial charge in [-0.15, -0.1) is 0 Å². The summed E-state index contributed by atoms with van der Waals surface area (Å²) in [6.45, 7) is 0. The van der Waals surface area contributed by atoms with E-state index in [4.69, 9.17) is 11.5 Å². The molecular formula is C11H12N4. The zero-order valence-corrected chi connectivity index (χ0v) is 8.17. The van der Waals surface area contributed by atoms with Gasteiger partial charge in [-0.25, -0.2) is 9.97 Å². The molecule has 0 radical (unpaired) electrons. The van der Waals surface area contributed by atoms with Crippen molar-refractivity contribution in [3.8, 4) is 0 Å². The zero-order valence-electron chi connectivity index (χ0n) is 8.17. The van der Waals surface area contributed by atoms with Crippen molar-refractivity contribution in [2.75, 3.05) is 5.73 Å². The molecule has 0 aliphatic rings. The van der Waals surface area contributed by atoms with Gasteiger partial charge in [0.15, 0.2) is 0 Å². The van der Waals surface area contributed by atoms with Gasteiger partial charge in [0.1, 0.15) is 12.1 Å². The molecule has 0 saturated heterocycles. The maximum Gasteiger partial charge on any atom is 0.127 e. The molecule has 0 fully saturated rings. The summed E-state index contributed by atoms with van der Waals surface area (Å²) in [7, 11) is 0. The monoisotopic (exact) mass is 200 g/mol. The number of anilines is 1. The maximum absolute atomic E-state index is 6.04. The Morgan fingerprint density at radius 3 is 2.47 bits per heavy atom. The second-order valence-corrected chi connectivity index (χ2v) is 3.26. The van der Waals surface area contributed by atoms with Crippen molar-refractivity contribution in [2.45, 2.75) is 6.04 Å². The molecule has 2 rings (SSSR count). The molecule has 2 aromatic rings. The van der Waals surface area contributed by atoms with Crippen molar-refractivity contribution in [1.82, 2.24) is 9.97 Å². The number of benzene rings is 1. The lowest BCUT2D eigenvalue weighted by Gasteiger charge is -2.10. The van der Waals surface area contributed by atoms with E-state index in [2.05, 4.69) is 9.97 Å². The summed E-state index contributed by atoms with van der Waals surface area (Å²) >= 11 is 0. The van der Waals surface area contributed by atoms with E-state index in [-0.39, 0.29) is 6.04 Å². The number of hydrogen-bond acceptors (Lipinski definition) is 4. The SMILES string of the molecule is Nc1cc(C(N)c2ccccc2)ncn1. The van der Waals surface area contributed by atoms with E-state index in [0.29, 0.717) is 5.82 Å². The highest BCUT2D eigenvalue weighted by Gasteiger charge is 2.09. The highest BCUT2D eigenvalue weighted by atomic mass is 14.9. The third-order valence-corrected chi connectivity index (χ3v) is 2.19. The molecule has 4 N–H and O–H groups in total. The van der Waals surface area contributed by atoms with Gasteiger partial charge in [-0.3, -0.25) is 0 Å². The Labute approximate surface area is 88.0 Å². The second kappa shape index (κ2) is 4.06.